The van der Waals surface area contributed by atoms with Gasteiger partial charge in [0.1, 0.15) is 5.75 Å². The summed E-state index contributed by atoms with van der Waals surface area (Å²) in [7, 11) is 1.56. The summed E-state index contributed by atoms with van der Waals surface area (Å²) >= 11 is 0. The molecular formula is C17H17N3O3. The lowest BCUT2D eigenvalue weighted by atomic mass is 10.1. The van der Waals surface area contributed by atoms with E-state index in [0.717, 1.165) is 11.1 Å². The molecule has 6 heteroatoms. The van der Waals surface area contributed by atoms with Gasteiger partial charge in [0.15, 0.2) is 0 Å². The van der Waals surface area contributed by atoms with Crippen LogP contribution in [0.2, 0.25) is 0 Å². The second-order valence-electron chi connectivity index (χ2n) is 5.09. The second-order valence-corrected chi connectivity index (χ2v) is 5.09. The number of nitrogens with zero attached hydrogens (tertiary/aromatic N) is 2. The van der Waals surface area contributed by atoms with Gasteiger partial charge < -0.3 is 10.1 Å². The average Bonchev–Trinajstić information content (AvgIpc) is 2.59. The Hall–Kier alpha value is -2.91. The lowest BCUT2D eigenvalue weighted by Crippen LogP contribution is -2.18. The quantitative estimate of drug-likeness (QED) is 0.653. The molecule has 2 aromatic carbocycles. The standard InChI is InChI=1S/C17H17N3O3/c1-12(14-4-3-5-16(9-14)20(21)22)19-11-15-7-6-13(10-18)8-17(15)23-2/h3-9,12,19H,11H2,1-2H3. The number of nitro groups is 1. The van der Waals surface area contributed by atoms with Crippen LogP contribution >= 0.6 is 0 Å². The molecular weight excluding hydrogens is 294 g/mol. The number of non-ortho nitro benzene ring substituents is 1. The van der Waals surface area contributed by atoms with Crippen molar-refractivity contribution < 1.29 is 9.66 Å². The molecule has 0 aliphatic carbocycles. The minimum Gasteiger partial charge on any atom is -0.496 e. The number of hydrogen-bond donors (Lipinski definition) is 1. The molecule has 23 heavy (non-hydrogen) atoms. The van der Waals surface area contributed by atoms with Crippen LogP contribution in [0.3, 0.4) is 0 Å². The van der Waals surface area contributed by atoms with Crippen LogP contribution in [0, 0.1) is 21.4 Å². The summed E-state index contributed by atoms with van der Waals surface area (Å²) in [5, 5.41) is 23.1. The van der Waals surface area contributed by atoms with Gasteiger partial charge in [0, 0.05) is 30.3 Å². The maximum absolute atomic E-state index is 10.8. The zero-order chi connectivity index (χ0) is 16.8. The molecule has 0 aliphatic heterocycles. The van der Waals surface area contributed by atoms with Crippen molar-refractivity contribution in [2.24, 2.45) is 0 Å². The number of ether oxygens (including phenoxy) is 1. The maximum atomic E-state index is 10.8. The Bertz CT molecular complexity index is 753. The molecule has 2 aromatic rings. The van der Waals surface area contributed by atoms with E-state index in [-0.39, 0.29) is 11.7 Å². The van der Waals surface area contributed by atoms with Gasteiger partial charge in [-0.1, -0.05) is 18.2 Å². The van der Waals surface area contributed by atoms with Gasteiger partial charge in [-0.2, -0.15) is 5.26 Å². The fourth-order valence-corrected chi connectivity index (χ4v) is 2.25. The van der Waals surface area contributed by atoms with Gasteiger partial charge in [-0.25, -0.2) is 0 Å². The molecule has 0 fully saturated rings. The number of hydrogen-bond acceptors (Lipinski definition) is 5. The Balaban J connectivity index is 2.10. The highest BCUT2D eigenvalue weighted by Crippen LogP contribution is 2.22. The van der Waals surface area contributed by atoms with Crippen molar-refractivity contribution in [1.82, 2.24) is 5.32 Å². The largest absolute Gasteiger partial charge is 0.496 e. The summed E-state index contributed by atoms with van der Waals surface area (Å²) < 4.78 is 5.30. The first-order valence-corrected chi connectivity index (χ1v) is 7.10. The minimum absolute atomic E-state index is 0.0600. The summed E-state index contributed by atoms with van der Waals surface area (Å²) in [6.07, 6.45) is 0. The Kier molecular flexibility index (Phi) is 5.28. The minimum atomic E-state index is -0.403. The van der Waals surface area contributed by atoms with E-state index in [0.29, 0.717) is 17.9 Å². The fraction of sp³-hybridized carbons (Fsp3) is 0.235. The Morgan fingerprint density at radius 3 is 2.78 bits per heavy atom. The average molecular weight is 311 g/mol. The molecule has 1 N–H and O–H groups in total. The third-order valence-corrected chi connectivity index (χ3v) is 3.60. The summed E-state index contributed by atoms with van der Waals surface area (Å²) in [6, 6.07) is 13.8. The van der Waals surface area contributed by atoms with Crippen molar-refractivity contribution in [2.75, 3.05) is 7.11 Å². The molecule has 0 spiro atoms. The number of nitro benzene ring substituents is 1. The van der Waals surface area contributed by atoms with Gasteiger partial charge in [0.2, 0.25) is 0 Å². The van der Waals surface area contributed by atoms with Crippen LogP contribution in [-0.4, -0.2) is 12.0 Å². The van der Waals surface area contributed by atoms with E-state index >= 15 is 0 Å². The van der Waals surface area contributed by atoms with Gasteiger partial charge in [0.05, 0.1) is 23.7 Å². The number of methoxy groups -OCH3 is 1. The molecule has 0 radical (unpaired) electrons. The summed E-state index contributed by atoms with van der Waals surface area (Å²) in [4.78, 5) is 10.4. The third-order valence-electron chi connectivity index (χ3n) is 3.60. The molecule has 6 nitrogen and oxygen atoms in total. The molecule has 0 aliphatic rings. The highest BCUT2D eigenvalue weighted by molar-refractivity contribution is 5.42. The van der Waals surface area contributed by atoms with E-state index in [9.17, 15) is 10.1 Å². The van der Waals surface area contributed by atoms with Gasteiger partial charge in [-0.15, -0.1) is 0 Å². The van der Waals surface area contributed by atoms with Crippen molar-refractivity contribution in [2.45, 2.75) is 19.5 Å². The van der Waals surface area contributed by atoms with Crippen LogP contribution in [0.15, 0.2) is 42.5 Å². The zero-order valence-electron chi connectivity index (χ0n) is 12.9. The monoisotopic (exact) mass is 311 g/mol. The number of benzene rings is 2. The van der Waals surface area contributed by atoms with Crippen molar-refractivity contribution in [3.8, 4) is 11.8 Å². The fourth-order valence-electron chi connectivity index (χ4n) is 2.25. The molecule has 0 aromatic heterocycles. The normalized spacial score (nSPS) is 11.5. The molecule has 118 valence electrons. The lowest BCUT2D eigenvalue weighted by molar-refractivity contribution is -0.384. The molecule has 0 saturated carbocycles. The van der Waals surface area contributed by atoms with Crippen molar-refractivity contribution in [3.05, 3.63) is 69.3 Å². The van der Waals surface area contributed by atoms with E-state index in [2.05, 4.69) is 11.4 Å². The summed E-state index contributed by atoms with van der Waals surface area (Å²) in [5.41, 5.74) is 2.38. The van der Waals surface area contributed by atoms with E-state index < -0.39 is 4.92 Å². The van der Waals surface area contributed by atoms with Gasteiger partial charge in [-0.05, 0) is 24.6 Å². The smallest absolute Gasteiger partial charge is 0.269 e. The van der Waals surface area contributed by atoms with Crippen LogP contribution in [0.1, 0.15) is 29.7 Å². The molecule has 1 atom stereocenters. The SMILES string of the molecule is COc1cc(C#N)ccc1CNC(C)c1cccc([N+](=O)[O-])c1. The third kappa shape index (κ3) is 4.05. The molecule has 2 rings (SSSR count). The highest BCUT2D eigenvalue weighted by atomic mass is 16.6. The van der Waals surface area contributed by atoms with Crippen LogP contribution in [0.5, 0.6) is 5.75 Å². The first kappa shape index (κ1) is 16.5. The maximum Gasteiger partial charge on any atom is 0.269 e. The van der Waals surface area contributed by atoms with Crippen LogP contribution in [0.4, 0.5) is 5.69 Å². The highest BCUT2D eigenvalue weighted by Gasteiger charge is 2.12. The summed E-state index contributed by atoms with van der Waals surface area (Å²) in [6.45, 7) is 2.47. The van der Waals surface area contributed by atoms with Crippen molar-refractivity contribution >= 4 is 5.69 Å². The zero-order valence-corrected chi connectivity index (χ0v) is 12.9. The molecule has 0 bridgehead atoms. The second kappa shape index (κ2) is 7.38. The predicted molar refractivity (Wildman–Crippen MR) is 86.1 cm³/mol. The van der Waals surface area contributed by atoms with Crippen LogP contribution in [-0.2, 0) is 6.54 Å². The molecule has 0 saturated heterocycles. The van der Waals surface area contributed by atoms with E-state index in [1.54, 1.807) is 31.4 Å². The first-order chi connectivity index (χ1) is 11.0. The van der Waals surface area contributed by atoms with E-state index in [1.807, 2.05) is 19.1 Å². The Morgan fingerprint density at radius 1 is 1.35 bits per heavy atom. The molecule has 0 amide bonds. The van der Waals surface area contributed by atoms with Gasteiger partial charge in [-0.3, -0.25) is 10.1 Å². The number of nitrogens with one attached hydrogen (secondary N) is 1. The predicted octanol–water partition coefficient (Wildman–Crippen LogP) is 3.33. The van der Waals surface area contributed by atoms with Crippen LogP contribution in [0.25, 0.3) is 0 Å². The number of rotatable bonds is 6. The molecule has 1 unspecified atom stereocenters. The Morgan fingerprint density at radius 2 is 2.13 bits per heavy atom. The molecule has 0 heterocycles. The van der Waals surface area contributed by atoms with E-state index in [4.69, 9.17) is 10.00 Å². The van der Waals surface area contributed by atoms with Crippen LogP contribution < -0.4 is 10.1 Å². The van der Waals surface area contributed by atoms with Gasteiger partial charge in [0.25, 0.3) is 5.69 Å². The Labute approximate surface area is 134 Å². The summed E-state index contributed by atoms with van der Waals surface area (Å²) in [5.74, 6) is 0.641. The number of nitriles is 1. The topological polar surface area (TPSA) is 88.2 Å². The lowest BCUT2D eigenvalue weighted by Gasteiger charge is -2.16. The van der Waals surface area contributed by atoms with Crippen molar-refractivity contribution in [1.29, 1.82) is 5.26 Å². The van der Waals surface area contributed by atoms with Gasteiger partial charge >= 0.3 is 0 Å². The van der Waals surface area contributed by atoms with E-state index in [1.165, 1.54) is 6.07 Å². The van der Waals surface area contributed by atoms with Crippen molar-refractivity contribution in [3.63, 3.8) is 0 Å². The first-order valence-electron chi connectivity index (χ1n) is 7.10.